The first-order chi connectivity index (χ1) is 10.1. The van der Waals surface area contributed by atoms with E-state index in [1.807, 2.05) is 13.0 Å². The molecule has 0 spiro atoms. The third-order valence-corrected chi connectivity index (χ3v) is 4.08. The van der Waals surface area contributed by atoms with Crippen LogP contribution in [0.4, 0.5) is 5.69 Å². The number of rotatable bonds is 4. The first kappa shape index (κ1) is 14.4. The van der Waals surface area contributed by atoms with Crippen LogP contribution in [0.5, 0.6) is 0 Å². The van der Waals surface area contributed by atoms with Crippen molar-refractivity contribution < 1.29 is 4.42 Å². The van der Waals surface area contributed by atoms with E-state index in [0.717, 1.165) is 28.6 Å². The van der Waals surface area contributed by atoms with Gasteiger partial charge in [-0.1, -0.05) is 13.8 Å². The maximum Gasteiger partial charge on any atom is 0.192 e. The first-order valence-electron chi connectivity index (χ1n) is 7.96. The van der Waals surface area contributed by atoms with Crippen molar-refractivity contribution in [2.75, 3.05) is 25.0 Å². The van der Waals surface area contributed by atoms with Crippen LogP contribution in [0.25, 0.3) is 11.1 Å². The van der Waals surface area contributed by atoms with Gasteiger partial charge in [-0.15, -0.1) is 0 Å². The minimum Gasteiger partial charge on any atom is -0.441 e. The van der Waals surface area contributed by atoms with Gasteiger partial charge in [0, 0.05) is 38.3 Å². The molecule has 4 heteroatoms. The molecular weight excluding hydrogens is 262 g/mol. The van der Waals surface area contributed by atoms with Crippen molar-refractivity contribution in [1.29, 1.82) is 0 Å². The van der Waals surface area contributed by atoms with Crippen LogP contribution in [-0.2, 0) is 0 Å². The summed E-state index contributed by atoms with van der Waals surface area (Å²) in [6.45, 7) is 10.1. The van der Waals surface area contributed by atoms with Gasteiger partial charge >= 0.3 is 0 Å². The van der Waals surface area contributed by atoms with Crippen molar-refractivity contribution in [3.8, 4) is 0 Å². The van der Waals surface area contributed by atoms with Crippen LogP contribution in [0.2, 0.25) is 0 Å². The molecule has 1 aromatic heterocycles. The van der Waals surface area contributed by atoms with Gasteiger partial charge in [-0.25, -0.2) is 4.98 Å². The van der Waals surface area contributed by atoms with Crippen molar-refractivity contribution >= 4 is 16.8 Å². The summed E-state index contributed by atoms with van der Waals surface area (Å²) in [5.41, 5.74) is 2.96. The lowest BCUT2D eigenvalue weighted by Gasteiger charge is -2.33. The molecule has 21 heavy (non-hydrogen) atoms. The molecule has 3 rings (SSSR count). The molecule has 2 heterocycles. The van der Waals surface area contributed by atoms with Gasteiger partial charge < -0.3 is 14.6 Å². The summed E-state index contributed by atoms with van der Waals surface area (Å²) in [6, 6.07) is 6.75. The molecule has 4 nitrogen and oxygen atoms in total. The molecule has 1 aliphatic rings. The second-order valence-electron chi connectivity index (χ2n) is 6.53. The van der Waals surface area contributed by atoms with Crippen molar-refractivity contribution in [1.82, 2.24) is 9.88 Å². The molecule has 114 valence electrons. The number of fused-ring (bicyclic) bond motifs is 1. The predicted molar refractivity (Wildman–Crippen MR) is 86.7 cm³/mol. The number of nitrogens with one attached hydrogen (secondary N) is 1. The average Bonchev–Trinajstić information content (AvgIpc) is 2.80. The maximum absolute atomic E-state index is 5.52. The van der Waals surface area contributed by atoms with Crippen molar-refractivity contribution in [3.05, 3.63) is 24.1 Å². The highest BCUT2D eigenvalue weighted by molar-refractivity contribution is 5.77. The van der Waals surface area contributed by atoms with Crippen LogP contribution in [0.1, 0.15) is 32.6 Å². The maximum atomic E-state index is 5.52. The minimum absolute atomic E-state index is 0.568. The van der Waals surface area contributed by atoms with E-state index in [1.54, 1.807) is 0 Å². The molecule has 0 atom stereocenters. The van der Waals surface area contributed by atoms with E-state index in [1.165, 1.54) is 32.5 Å². The molecule has 1 aromatic carbocycles. The normalized spacial score (nSPS) is 17.7. The summed E-state index contributed by atoms with van der Waals surface area (Å²) < 4.78 is 5.52. The van der Waals surface area contributed by atoms with E-state index in [-0.39, 0.29) is 0 Å². The molecule has 1 aliphatic heterocycles. The van der Waals surface area contributed by atoms with Crippen LogP contribution < -0.4 is 5.32 Å². The smallest absolute Gasteiger partial charge is 0.192 e. The Balaban J connectivity index is 1.59. The lowest BCUT2D eigenvalue weighted by Crippen LogP contribution is -2.40. The van der Waals surface area contributed by atoms with Crippen LogP contribution in [-0.4, -0.2) is 35.6 Å². The summed E-state index contributed by atoms with van der Waals surface area (Å²) in [4.78, 5) is 6.97. The highest BCUT2D eigenvalue weighted by atomic mass is 16.3. The molecule has 0 saturated carbocycles. The number of nitrogens with zero attached hydrogens (tertiary/aromatic N) is 2. The molecule has 0 aliphatic carbocycles. The molecule has 0 amide bonds. The number of benzene rings is 1. The van der Waals surface area contributed by atoms with Gasteiger partial charge in [0.15, 0.2) is 11.5 Å². The topological polar surface area (TPSA) is 41.3 Å². The summed E-state index contributed by atoms with van der Waals surface area (Å²) in [5, 5.41) is 3.65. The van der Waals surface area contributed by atoms with Gasteiger partial charge in [-0.05, 0) is 37.0 Å². The van der Waals surface area contributed by atoms with Crippen molar-refractivity contribution in [2.45, 2.75) is 39.7 Å². The van der Waals surface area contributed by atoms with Crippen LogP contribution in [0.15, 0.2) is 22.6 Å². The summed E-state index contributed by atoms with van der Waals surface area (Å²) in [6.07, 6.45) is 2.42. The zero-order valence-corrected chi connectivity index (χ0v) is 13.2. The van der Waals surface area contributed by atoms with E-state index in [9.17, 15) is 0 Å². The number of hydrogen-bond acceptors (Lipinski definition) is 4. The second-order valence-corrected chi connectivity index (χ2v) is 6.53. The number of piperidine rings is 1. The molecule has 0 radical (unpaired) electrons. The van der Waals surface area contributed by atoms with E-state index in [4.69, 9.17) is 4.42 Å². The Hall–Kier alpha value is -1.55. The summed E-state index contributed by atoms with van der Waals surface area (Å²) in [5.74, 6) is 1.48. The molecule has 2 aromatic rings. The zero-order chi connectivity index (χ0) is 14.8. The number of hydrogen-bond donors (Lipinski definition) is 1. The quantitative estimate of drug-likeness (QED) is 0.931. The number of oxazole rings is 1. The molecule has 0 unspecified atom stereocenters. The number of anilines is 1. The standard InChI is InChI=1S/C17H25N3O/c1-12(2)11-20-8-6-14(7-9-20)19-15-4-5-17-16(10-15)18-13(3)21-17/h4-5,10,12,14,19H,6-9,11H2,1-3H3. The van der Waals surface area contributed by atoms with Gasteiger partial charge in [-0.3, -0.25) is 0 Å². The Kier molecular flexibility index (Phi) is 4.15. The number of aryl methyl sites for hydroxylation is 1. The number of aromatic nitrogens is 1. The Morgan fingerprint density at radius 3 is 2.81 bits per heavy atom. The summed E-state index contributed by atoms with van der Waals surface area (Å²) >= 11 is 0. The molecule has 1 saturated heterocycles. The van der Waals surface area contributed by atoms with Crippen LogP contribution >= 0.6 is 0 Å². The third-order valence-electron chi connectivity index (χ3n) is 4.08. The van der Waals surface area contributed by atoms with Gasteiger partial charge in [-0.2, -0.15) is 0 Å². The Morgan fingerprint density at radius 2 is 2.10 bits per heavy atom. The Bertz CT molecular complexity index is 597. The lowest BCUT2D eigenvalue weighted by molar-refractivity contribution is 0.198. The predicted octanol–water partition coefficient (Wildman–Crippen LogP) is 3.67. The zero-order valence-electron chi connectivity index (χ0n) is 13.2. The van der Waals surface area contributed by atoms with E-state index < -0.39 is 0 Å². The fourth-order valence-corrected chi connectivity index (χ4v) is 3.14. The average molecular weight is 287 g/mol. The number of likely N-dealkylation sites (tertiary alicyclic amines) is 1. The van der Waals surface area contributed by atoms with Crippen LogP contribution in [0.3, 0.4) is 0 Å². The van der Waals surface area contributed by atoms with Crippen LogP contribution in [0, 0.1) is 12.8 Å². The van der Waals surface area contributed by atoms with Gasteiger partial charge in [0.05, 0.1) is 0 Å². The highest BCUT2D eigenvalue weighted by Crippen LogP contribution is 2.22. The van der Waals surface area contributed by atoms with E-state index in [0.29, 0.717) is 6.04 Å². The fourth-order valence-electron chi connectivity index (χ4n) is 3.14. The Labute approximate surface area is 126 Å². The van der Waals surface area contributed by atoms with Crippen molar-refractivity contribution in [3.63, 3.8) is 0 Å². The molecule has 0 bridgehead atoms. The summed E-state index contributed by atoms with van der Waals surface area (Å²) in [7, 11) is 0. The second kappa shape index (κ2) is 6.06. The fraction of sp³-hybridized carbons (Fsp3) is 0.588. The Morgan fingerprint density at radius 1 is 1.33 bits per heavy atom. The molecular formula is C17H25N3O. The van der Waals surface area contributed by atoms with Gasteiger partial charge in [0.2, 0.25) is 0 Å². The highest BCUT2D eigenvalue weighted by Gasteiger charge is 2.19. The monoisotopic (exact) mass is 287 g/mol. The molecule has 1 N–H and O–H groups in total. The third kappa shape index (κ3) is 3.56. The minimum atomic E-state index is 0.568. The lowest BCUT2D eigenvalue weighted by atomic mass is 10.0. The van der Waals surface area contributed by atoms with Crippen molar-refractivity contribution in [2.24, 2.45) is 5.92 Å². The largest absolute Gasteiger partial charge is 0.441 e. The van der Waals surface area contributed by atoms with E-state index in [2.05, 4.69) is 41.2 Å². The molecule has 1 fully saturated rings. The SMILES string of the molecule is Cc1nc2cc(NC3CCN(CC(C)C)CC3)ccc2o1. The van der Waals surface area contributed by atoms with Gasteiger partial charge in [0.1, 0.15) is 5.52 Å². The van der Waals surface area contributed by atoms with E-state index >= 15 is 0 Å². The first-order valence-corrected chi connectivity index (χ1v) is 7.96. The van der Waals surface area contributed by atoms with Gasteiger partial charge in [0.25, 0.3) is 0 Å².